The molecule has 1 aliphatic rings. The Kier molecular flexibility index (Phi) is 5.22. The molecule has 0 aromatic rings. The van der Waals surface area contributed by atoms with Crippen molar-refractivity contribution >= 4 is 5.97 Å². The van der Waals surface area contributed by atoms with E-state index in [1.54, 1.807) is 0 Å². The lowest BCUT2D eigenvalue weighted by Gasteiger charge is -2.39. The molecule has 1 rings (SSSR count). The van der Waals surface area contributed by atoms with Gasteiger partial charge in [0.2, 0.25) is 0 Å². The van der Waals surface area contributed by atoms with Gasteiger partial charge in [0.05, 0.1) is 20.3 Å². The van der Waals surface area contributed by atoms with E-state index in [0.29, 0.717) is 0 Å². The summed E-state index contributed by atoms with van der Waals surface area (Å²) >= 11 is 0. The molecule has 0 aromatic carbocycles. The van der Waals surface area contributed by atoms with Crippen LogP contribution >= 0.6 is 0 Å². The van der Waals surface area contributed by atoms with Crippen molar-refractivity contribution in [1.82, 2.24) is 5.32 Å². The third kappa shape index (κ3) is 3.76. The van der Waals surface area contributed by atoms with Crippen LogP contribution < -0.4 is 5.32 Å². The quantitative estimate of drug-likeness (QED) is 0.669. The van der Waals surface area contributed by atoms with E-state index in [-0.39, 0.29) is 17.4 Å². The zero-order valence-electron chi connectivity index (χ0n) is 10.5. The number of methoxy groups -OCH3 is 1. The molecule has 1 heterocycles. The normalized spacial score (nSPS) is 19.9. The summed E-state index contributed by atoms with van der Waals surface area (Å²) in [6, 6.07) is -0.164. The van der Waals surface area contributed by atoms with Gasteiger partial charge in [0, 0.05) is 12.0 Å². The number of hydrogen-bond acceptors (Lipinski definition) is 4. The summed E-state index contributed by atoms with van der Waals surface area (Å²) in [6.07, 6.45) is 2.98. The average molecular weight is 229 g/mol. The Labute approximate surface area is 97.7 Å². The van der Waals surface area contributed by atoms with Crippen LogP contribution in [-0.2, 0) is 14.3 Å². The van der Waals surface area contributed by atoms with E-state index in [1.165, 1.54) is 7.11 Å². The van der Waals surface area contributed by atoms with Crippen LogP contribution in [-0.4, -0.2) is 38.9 Å². The Bertz CT molecular complexity index is 226. The van der Waals surface area contributed by atoms with Gasteiger partial charge in [0.15, 0.2) is 0 Å². The number of hydrogen-bond donors (Lipinski definition) is 1. The molecular weight excluding hydrogens is 206 g/mol. The fourth-order valence-electron chi connectivity index (χ4n) is 1.78. The van der Waals surface area contributed by atoms with Crippen LogP contribution in [0.15, 0.2) is 0 Å². The second-order valence-electron chi connectivity index (χ2n) is 4.90. The van der Waals surface area contributed by atoms with Crippen LogP contribution in [0.5, 0.6) is 0 Å². The molecular formula is C12H23NO3. The van der Waals surface area contributed by atoms with Crippen molar-refractivity contribution in [2.75, 3.05) is 26.9 Å². The van der Waals surface area contributed by atoms with Gasteiger partial charge in [0.25, 0.3) is 0 Å². The molecule has 1 atom stereocenters. The highest BCUT2D eigenvalue weighted by Gasteiger charge is 2.34. The third-order valence-electron chi connectivity index (χ3n) is 3.01. The summed E-state index contributed by atoms with van der Waals surface area (Å²) in [6.45, 7) is 6.66. The predicted octanol–water partition coefficient (Wildman–Crippen LogP) is 1.34. The lowest BCUT2D eigenvalue weighted by Crippen LogP contribution is -2.51. The number of rotatable bonds is 7. The first kappa shape index (κ1) is 13.5. The van der Waals surface area contributed by atoms with Crippen molar-refractivity contribution in [3.05, 3.63) is 0 Å². The maximum atomic E-state index is 11.5. The highest BCUT2D eigenvalue weighted by Crippen LogP contribution is 2.25. The summed E-state index contributed by atoms with van der Waals surface area (Å²) in [5.41, 5.74) is 0.193. The molecule has 1 saturated heterocycles. The number of carbonyl (C=O) groups is 1. The van der Waals surface area contributed by atoms with Crippen molar-refractivity contribution < 1.29 is 14.3 Å². The highest BCUT2D eigenvalue weighted by molar-refractivity contribution is 5.75. The van der Waals surface area contributed by atoms with E-state index in [1.807, 2.05) is 0 Å². The molecule has 1 aliphatic heterocycles. The van der Waals surface area contributed by atoms with E-state index in [0.717, 1.165) is 39.0 Å². The van der Waals surface area contributed by atoms with E-state index in [4.69, 9.17) is 9.47 Å². The minimum atomic E-state index is -0.164. The van der Waals surface area contributed by atoms with Gasteiger partial charge in [-0.15, -0.1) is 0 Å². The minimum absolute atomic E-state index is 0.155. The number of unbranched alkanes of at least 4 members (excludes halogenated alkanes) is 1. The van der Waals surface area contributed by atoms with E-state index in [9.17, 15) is 4.79 Å². The Balaban J connectivity index is 2.33. The van der Waals surface area contributed by atoms with E-state index < -0.39 is 0 Å². The van der Waals surface area contributed by atoms with Gasteiger partial charge in [-0.05, 0) is 6.42 Å². The molecule has 0 saturated carbocycles. The first-order valence-electron chi connectivity index (χ1n) is 6.00. The molecule has 0 bridgehead atoms. The minimum Gasteiger partial charge on any atom is -0.468 e. The molecule has 4 nitrogen and oxygen atoms in total. The molecule has 16 heavy (non-hydrogen) atoms. The fourth-order valence-corrected chi connectivity index (χ4v) is 1.78. The molecule has 0 aliphatic carbocycles. The lowest BCUT2D eigenvalue weighted by molar-refractivity contribution is -0.144. The van der Waals surface area contributed by atoms with Crippen LogP contribution in [0.4, 0.5) is 0 Å². The topological polar surface area (TPSA) is 47.6 Å². The van der Waals surface area contributed by atoms with Crippen molar-refractivity contribution in [1.29, 1.82) is 0 Å². The van der Waals surface area contributed by atoms with Gasteiger partial charge < -0.3 is 14.8 Å². The smallest absolute Gasteiger partial charge is 0.322 e. The van der Waals surface area contributed by atoms with Crippen molar-refractivity contribution in [3.63, 3.8) is 0 Å². The predicted molar refractivity (Wildman–Crippen MR) is 62.3 cm³/mol. The standard InChI is InChI=1S/C12H23NO3/c1-4-5-6-10(11(14)15-3)13-7-12(2)8-16-9-12/h10,13H,4-9H2,1-3H3. The molecule has 94 valence electrons. The van der Waals surface area contributed by atoms with E-state index in [2.05, 4.69) is 19.2 Å². The zero-order chi connectivity index (χ0) is 12.0. The second kappa shape index (κ2) is 6.21. The molecule has 1 fully saturated rings. The second-order valence-corrected chi connectivity index (χ2v) is 4.90. The maximum absolute atomic E-state index is 11.5. The summed E-state index contributed by atoms with van der Waals surface area (Å²) in [5.74, 6) is -0.155. The lowest BCUT2D eigenvalue weighted by atomic mass is 9.88. The Morgan fingerprint density at radius 1 is 1.56 bits per heavy atom. The van der Waals surface area contributed by atoms with Crippen molar-refractivity contribution in [3.8, 4) is 0 Å². The molecule has 4 heteroatoms. The maximum Gasteiger partial charge on any atom is 0.322 e. The van der Waals surface area contributed by atoms with Crippen LogP contribution in [0.3, 0.4) is 0 Å². The Morgan fingerprint density at radius 2 is 2.25 bits per heavy atom. The van der Waals surface area contributed by atoms with Crippen LogP contribution in [0.25, 0.3) is 0 Å². The van der Waals surface area contributed by atoms with Gasteiger partial charge in [0.1, 0.15) is 6.04 Å². The summed E-state index contributed by atoms with van der Waals surface area (Å²) < 4.78 is 9.98. The highest BCUT2D eigenvalue weighted by atomic mass is 16.5. The molecule has 0 amide bonds. The van der Waals surface area contributed by atoms with E-state index >= 15 is 0 Å². The Morgan fingerprint density at radius 3 is 2.69 bits per heavy atom. The first-order chi connectivity index (χ1) is 7.61. The van der Waals surface area contributed by atoms with Crippen LogP contribution in [0.2, 0.25) is 0 Å². The molecule has 1 N–H and O–H groups in total. The zero-order valence-corrected chi connectivity index (χ0v) is 10.5. The Hall–Kier alpha value is -0.610. The number of carbonyl (C=O) groups excluding carboxylic acids is 1. The monoisotopic (exact) mass is 229 g/mol. The van der Waals surface area contributed by atoms with Crippen molar-refractivity contribution in [2.24, 2.45) is 5.41 Å². The summed E-state index contributed by atoms with van der Waals surface area (Å²) in [7, 11) is 1.44. The summed E-state index contributed by atoms with van der Waals surface area (Å²) in [5, 5.41) is 3.29. The molecule has 0 radical (unpaired) electrons. The largest absolute Gasteiger partial charge is 0.468 e. The fraction of sp³-hybridized carbons (Fsp3) is 0.917. The number of ether oxygens (including phenoxy) is 2. The number of esters is 1. The third-order valence-corrected chi connectivity index (χ3v) is 3.01. The number of nitrogens with one attached hydrogen (secondary N) is 1. The van der Waals surface area contributed by atoms with Gasteiger partial charge in [-0.3, -0.25) is 4.79 Å². The molecule has 0 aromatic heterocycles. The molecule has 1 unspecified atom stereocenters. The van der Waals surface area contributed by atoms with Crippen LogP contribution in [0.1, 0.15) is 33.1 Å². The SMILES string of the molecule is CCCCC(NCC1(C)COC1)C(=O)OC. The first-order valence-corrected chi connectivity index (χ1v) is 6.00. The van der Waals surface area contributed by atoms with Gasteiger partial charge >= 0.3 is 5.97 Å². The van der Waals surface area contributed by atoms with Gasteiger partial charge in [-0.2, -0.15) is 0 Å². The average Bonchev–Trinajstić information content (AvgIpc) is 2.26. The van der Waals surface area contributed by atoms with Crippen LogP contribution in [0, 0.1) is 5.41 Å². The molecule has 0 spiro atoms. The van der Waals surface area contributed by atoms with Gasteiger partial charge in [-0.1, -0.05) is 26.7 Å². The van der Waals surface area contributed by atoms with Gasteiger partial charge in [-0.25, -0.2) is 0 Å². The van der Waals surface area contributed by atoms with Crippen molar-refractivity contribution in [2.45, 2.75) is 39.2 Å². The summed E-state index contributed by atoms with van der Waals surface area (Å²) in [4.78, 5) is 11.5.